The van der Waals surface area contributed by atoms with Gasteiger partial charge >= 0.3 is 0 Å². The molecule has 0 bridgehead atoms. The van der Waals surface area contributed by atoms with Crippen molar-refractivity contribution < 1.29 is 15.0 Å². The van der Waals surface area contributed by atoms with Gasteiger partial charge in [-0.2, -0.15) is 0 Å². The Hall–Kier alpha value is -1.13. The summed E-state index contributed by atoms with van der Waals surface area (Å²) in [5.41, 5.74) is 0. The quantitative estimate of drug-likeness (QED) is 0.0443. The van der Waals surface area contributed by atoms with Crippen molar-refractivity contribution in [3.63, 3.8) is 0 Å². The van der Waals surface area contributed by atoms with Gasteiger partial charge in [-0.15, -0.1) is 0 Å². The highest BCUT2D eigenvalue weighted by Gasteiger charge is 2.17. The Labute approximate surface area is 307 Å². The van der Waals surface area contributed by atoms with Crippen LogP contribution in [0.3, 0.4) is 0 Å². The van der Waals surface area contributed by atoms with Crippen LogP contribution in [-0.2, 0) is 4.79 Å². The summed E-state index contributed by atoms with van der Waals surface area (Å²) in [4.78, 5) is 12.3. The molecule has 0 aliphatic rings. The lowest BCUT2D eigenvalue weighted by molar-refractivity contribution is -0.123. The van der Waals surface area contributed by atoms with Gasteiger partial charge in [0.15, 0.2) is 0 Å². The lowest BCUT2D eigenvalue weighted by atomic mass is 10.0. The smallest absolute Gasteiger partial charge is 0.220 e. The molecule has 0 spiro atoms. The van der Waals surface area contributed by atoms with Crippen LogP contribution in [0.25, 0.3) is 0 Å². The predicted molar refractivity (Wildman–Crippen MR) is 216 cm³/mol. The molecule has 0 aliphatic carbocycles. The van der Waals surface area contributed by atoms with Crippen LogP contribution in [0.2, 0.25) is 0 Å². The van der Waals surface area contributed by atoms with Crippen molar-refractivity contribution in [2.24, 2.45) is 0 Å². The average Bonchev–Trinajstić information content (AvgIpc) is 3.10. The maximum Gasteiger partial charge on any atom is 0.220 e. The molecule has 0 radical (unpaired) electrons. The van der Waals surface area contributed by atoms with Crippen molar-refractivity contribution >= 4 is 5.91 Å². The summed E-state index contributed by atoms with van der Waals surface area (Å²) >= 11 is 0. The van der Waals surface area contributed by atoms with E-state index in [0.717, 1.165) is 32.1 Å². The van der Waals surface area contributed by atoms with E-state index >= 15 is 0 Å². The Bertz CT molecular complexity index is 705. The first-order chi connectivity index (χ1) is 24.2. The standard InChI is InChI=1S/C45H87NO3/c1-3-5-7-9-11-13-15-17-19-20-21-22-23-24-25-26-27-28-30-32-34-36-38-40-44(48)43(42-47)46-45(49)41-39-37-35-33-31-29-18-16-14-12-10-8-6-4-2/h30,32,38,40,43-44,47-48H,3-29,31,33-37,39,41-42H2,1-2H3,(H,46,49)/b32-30+,40-38+. The van der Waals surface area contributed by atoms with Gasteiger partial charge in [-0.05, 0) is 32.1 Å². The number of aliphatic hydroxyl groups excluding tert-OH is 2. The van der Waals surface area contributed by atoms with Gasteiger partial charge in [-0.1, -0.05) is 224 Å². The molecule has 49 heavy (non-hydrogen) atoms. The molecule has 4 nitrogen and oxygen atoms in total. The lowest BCUT2D eigenvalue weighted by Gasteiger charge is -2.19. The van der Waals surface area contributed by atoms with Crippen LogP contribution >= 0.6 is 0 Å². The molecule has 2 atom stereocenters. The molecule has 0 aromatic heterocycles. The number of unbranched alkanes of at least 4 members (excludes halogenated alkanes) is 31. The minimum absolute atomic E-state index is 0.0716. The van der Waals surface area contributed by atoms with Crippen LogP contribution in [0.5, 0.6) is 0 Å². The number of aliphatic hydroxyl groups is 2. The molecule has 3 N–H and O–H groups in total. The van der Waals surface area contributed by atoms with E-state index in [1.165, 1.54) is 186 Å². The highest BCUT2D eigenvalue weighted by Crippen LogP contribution is 2.16. The molecule has 0 heterocycles. The largest absolute Gasteiger partial charge is 0.394 e. The molecule has 0 saturated heterocycles. The van der Waals surface area contributed by atoms with E-state index in [1.807, 2.05) is 6.08 Å². The molecule has 4 heteroatoms. The number of carbonyl (C=O) groups excluding carboxylic acids is 1. The molecule has 0 aromatic rings. The summed E-state index contributed by atoms with van der Waals surface area (Å²) < 4.78 is 0. The Morgan fingerprint density at radius 3 is 1.18 bits per heavy atom. The van der Waals surface area contributed by atoms with E-state index in [1.54, 1.807) is 6.08 Å². The normalized spacial score (nSPS) is 13.1. The molecule has 0 saturated carbocycles. The topological polar surface area (TPSA) is 69.6 Å². The van der Waals surface area contributed by atoms with Crippen LogP contribution in [0.4, 0.5) is 0 Å². The van der Waals surface area contributed by atoms with Crippen molar-refractivity contribution in [2.75, 3.05) is 6.61 Å². The van der Waals surface area contributed by atoms with E-state index in [0.29, 0.717) is 6.42 Å². The summed E-state index contributed by atoms with van der Waals surface area (Å²) in [6, 6.07) is -0.634. The van der Waals surface area contributed by atoms with Crippen molar-refractivity contribution in [2.45, 2.75) is 251 Å². The number of allylic oxidation sites excluding steroid dienone is 3. The minimum Gasteiger partial charge on any atom is -0.394 e. The fourth-order valence-electron chi connectivity index (χ4n) is 6.78. The maximum absolute atomic E-state index is 12.3. The Morgan fingerprint density at radius 1 is 0.469 bits per heavy atom. The van der Waals surface area contributed by atoms with Crippen molar-refractivity contribution in [1.82, 2.24) is 5.32 Å². The first kappa shape index (κ1) is 47.9. The second-order valence-electron chi connectivity index (χ2n) is 15.1. The SMILES string of the molecule is CCCCCCCCCCCCCCCCCCC/C=C/CC/C=C/C(O)C(CO)NC(=O)CCCCCCCCCCCCCCCC. The number of amides is 1. The fraction of sp³-hybridized carbons (Fsp3) is 0.889. The van der Waals surface area contributed by atoms with Gasteiger partial charge < -0.3 is 15.5 Å². The summed E-state index contributed by atoms with van der Waals surface area (Å²) in [6.45, 7) is 4.31. The van der Waals surface area contributed by atoms with Crippen LogP contribution in [0.1, 0.15) is 239 Å². The van der Waals surface area contributed by atoms with Crippen molar-refractivity contribution in [1.29, 1.82) is 0 Å². The Balaban J connectivity index is 3.57. The van der Waals surface area contributed by atoms with Crippen molar-refractivity contribution in [3.8, 4) is 0 Å². The number of rotatable bonds is 40. The van der Waals surface area contributed by atoms with Gasteiger partial charge in [0.05, 0.1) is 18.8 Å². The van der Waals surface area contributed by atoms with Crippen LogP contribution in [0.15, 0.2) is 24.3 Å². The van der Waals surface area contributed by atoms with Gasteiger partial charge in [0.2, 0.25) is 5.91 Å². The monoisotopic (exact) mass is 690 g/mol. The zero-order valence-corrected chi connectivity index (χ0v) is 33.2. The molecule has 290 valence electrons. The molecule has 0 aromatic carbocycles. The van der Waals surface area contributed by atoms with E-state index in [-0.39, 0.29) is 12.5 Å². The summed E-state index contributed by atoms with van der Waals surface area (Å²) in [7, 11) is 0. The molecular formula is C45H87NO3. The van der Waals surface area contributed by atoms with Crippen LogP contribution in [0, 0.1) is 0 Å². The van der Waals surface area contributed by atoms with E-state index < -0.39 is 12.1 Å². The highest BCUT2D eigenvalue weighted by molar-refractivity contribution is 5.76. The van der Waals surface area contributed by atoms with Crippen molar-refractivity contribution in [3.05, 3.63) is 24.3 Å². The minimum atomic E-state index is -0.857. The molecule has 2 unspecified atom stereocenters. The Morgan fingerprint density at radius 2 is 0.796 bits per heavy atom. The molecular weight excluding hydrogens is 602 g/mol. The molecule has 0 aliphatic heterocycles. The first-order valence-electron chi connectivity index (χ1n) is 22.1. The van der Waals surface area contributed by atoms with Gasteiger partial charge in [0, 0.05) is 6.42 Å². The first-order valence-corrected chi connectivity index (χ1v) is 22.1. The number of carbonyl (C=O) groups is 1. The maximum atomic E-state index is 12.3. The van der Waals surface area contributed by atoms with Gasteiger partial charge in [-0.3, -0.25) is 4.79 Å². The third kappa shape index (κ3) is 37.9. The third-order valence-electron chi connectivity index (χ3n) is 10.2. The van der Waals surface area contributed by atoms with Crippen LogP contribution < -0.4 is 5.32 Å². The summed E-state index contributed by atoms with van der Waals surface area (Å²) in [5.74, 6) is -0.0716. The third-order valence-corrected chi connectivity index (χ3v) is 10.2. The van der Waals surface area contributed by atoms with Crippen LogP contribution in [-0.4, -0.2) is 34.9 Å². The predicted octanol–water partition coefficient (Wildman–Crippen LogP) is 13.6. The summed E-state index contributed by atoms with van der Waals surface area (Å²) in [5, 5.41) is 23.0. The van der Waals surface area contributed by atoms with Gasteiger partial charge in [-0.25, -0.2) is 0 Å². The fourth-order valence-corrected chi connectivity index (χ4v) is 6.78. The second-order valence-corrected chi connectivity index (χ2v) is 15.1. The Kier molecular flexibility index (Phi) is 40.3. The van der Waals surface area contributed by atoms with E-state index in [9.17, 15) is 15.0 Å². The second kappa shape index (κ2) is 41.3. The lowest BCUT2D eigenvalue weighted by Crippen LogP contribution is -2.45. The summed E-state index contributed by atoms with van der Waals surface area (Å²) in [6.07, 6.45) is 52.9. The van der Waals surface area contributed by atoms with E-state index in [4.69, 9.17) is 0 Å². The molecule has 0 rings (SSSR count). The van der Waals surface area contributed by atoms with Gasteiger partial charge in [0.1, 0.15) is 0 Å². The zero-order valence-electron chi connectivity index (χ0n) is 33.2. The molecule has 0 fully saturated rings. The van der Waals surface area contributed by atoms with Gasteiger partial charge in [0.25, 0.3) is 0 Å². The molecule has 1 amide bonds. The zero-order chi connectivity index (χ0) is 35.7. The number of hydrogen-bond acceptors (Lipinski definition) is 3. The highest BCUT2D eigenvalue weighted by atomic mass is 16.3. The van der Waals surface area contributed by atoms with E-state index in [2.05, 4.69) is 31.3 Å². The number of nitrogens with one attached hydrogen (secondary N) is 1. The average molecular weight is 690 g/mol. The number of hydrogen-bond donors (Lipinski definition) is 3.